The van der Waals surface area contributed by atoms with Crippen LogP contribution in [0.15, 0.2) is 12.3 Å². The van der Waals surface area contributed by atoms with Gasteiger partial charge in [0, 0.05) is 37.3 Å². The number of nitrogens with zero attached hydrogens (tertiary/aromatic N) is 4. The van der Waals surface area contributed by atoms with Crippen LogP contribution in [0.2, 0.25) is 0 Å². The topological polar surface area (TPSA) is 106 Å². The van der Waals surface area contributed by atoms with E-state index in [9.17, 15) is 14.9 Å². The monoisotopic (exact) mass is 317 g/mol. The Morgan fingerprint density at radius 2 is 1.91 bits per heavy atom. The van der Waals surface area contributed by atoms with Gasteiger partial charge < -0.3 is 15.5 Å². The standard InChI is InChI=1S/C15H19N5O3/c16-14-13(20(22)23)12(5-6-17-14)18-7-10-3-4-11(8-18)19(10)15(21)9-1-2-9/h5-6,9-11H,1-4,7-8H2,(H2,16,17). The van der Waals surface area contributed by atoms with Crippen LogP contribution >= 0.6 is 0 Å². The first-order chi connectivity index (χ1) is 11.1. The van der Waals surface area contributed by atoms with Crippen molar-refractivity contribution in [1.29, 1.82) is 0 Å². The van der Waals surface area contributed by atoms with Gasteiger partial charge in [0.25, 0.3) is 0 Å². The average molecular weight is 317 g/mol. The van der Waals surface area contributed by atoms with E-state index in [1.807, 2.05) is 9.80 Å². The minimum atomic E-state index is -0.471. The number of nitrogen functional groups attached to an aromatic ring is 1. The summed E-state index contributed by atoms with van der Waals surface area (Å²) >= 11 is 0. The first-order valence-corrected chi connectivity index (χ1v) is 8.02. The lowest BCUT2D eigenvalue weighted by molar-refractivity contribution is -0.383. The summed E-state index contributed by atoms with van der Waals surface area (Å²) in [5.41, 5.74) is 6.07. The largest absolute Gasteiger partial charge is 0.378 e. The Balaban J connectivity index is 1.61. The normalized spacial score (nSPS) is 26.4. The van der Waals surface area contributed by atoms with Crippen LogP contribution in [0.4, 0.5) is 17.2 Å². The van der Waals surface area contributed by atoms with Crippen molar-refractivity contribution in [3.8, 4) is 0 Å². The number of pyridine rings is 1. The molecule has 4 rings (SSSR count). The Hall–Kier alpha value is -2.38. The second kappa shape index (κ2) is 5.07. The number of anilines is 2. The highest BCUT2D eigenvalue weighted by atomic mass is 16.6. The summed E-state index contributed by atoms with van der Waals surface area (Å²) < 4.78 is 0. The molecule has 1 amide bonds. The molecular formula is C15H19N5O3. The number of hydrogen-bond acceptors (Lipinski definition) is 6. The molecule has 0 spiro atoms. The van der Waals surface area contributed by atoms with Crippen molar-refractivity contribution in [2.75, 3.05) is 23.7 Å². The number of amides is 1. The highest BCUT2D eigenvalue weighted by Crippen LogP contribution is 2.41. The third-order valence-corrected chi connectivity index (χ3v) is 5.12. The lowest BCUT2D eigenvalue weighted by Gasteiger charge is -2.42. The zero-order chi connectivity index (χ0) is 16.1. The van der Waals surface area contributed by atoms with E-state index in [0.717, 1.165) is 25.7 Å². The van der Waals surface area contributed by atoms with Crippen LogP contribution in [0.3, 0.4) is 0 Å². The third-order valence-electron chi connectivity index (χ3n) is 5.12. The van der Waals surface area contributed by atoms with Gasteiger partial charge in [-0.05, 0) is 31.7 Å². The fourth-order valence-electron chi connectivity index (χ4n) is 3.90. The predicted octanol–water partition coefficient (Wildman–Crippen LogP) is 1.16. The number of aromatic nitrogens is 1. The average Bonchev–Trinajstić information content (AvgIpc) is 3.32. The lowest BCUT2D eigenvalue weighted by atomic mass is 10.1. The summed E-state index contributed by atoms with van der Waals surface area (Å²) in [4.78, 5) is 31.2. The molecule has 3 fully saturated rings. The van der Waals surface area contributed by atoms with Gasteiger partial charge in [-0.25, -0.2) is 4.98 Å². The van der Waals surface area contributed by atoms with Gasteiger partial charge in [0.05, 0.1) is 4.92 Å². The number of rotatable bonds is 3. The first-order valence-electron chi connectivity index (χ1n) is 8.02. The van der Waals surface area contributed by atoms with Crippen LogP contribution in [0, 0.1) is 16.0 Å². The van der Waals surface area contributed by atoms with E-state index in [-0.39, 0.29) is 35.4 Å². The van der Waals surface area contributed by atoms with E-state index >= 15 is 0 Å². The molecule has 2 N–H and O–H groups in total. The molecule has 23 heavy (non-hydrogen) atoms. The van der Waals surface area contributed by atoms with Gasteiger partial charge in [-0.2, -0.15) is 0 Å². The maximum absolute atomic E-state index is 12.5. The molecule has 1 aromatic rings. The smallest absolute Gasteiger partial charge is 0.334 e. The van der Waals surface area contributed by atoms with Crippen LogP contribution < -0.4 is 10.6 Å². The zero-order valence-electron chi connectivity index (χ0n) is 12.7. The maximum atomic E-state index is 12.5. The number of hydrogen-bond donors (Lipinski definition) is 1. The maximum Gasteiger partial charge on any atom is 0.334 e. The quantitative estimate of drug-likeness (QED) is 0.662. The number of piperazine rings is 1. The van der Waals surface area contributed by atoms with Crippen molar-refractivity contribution in [2.45, 2.75) is 37.8 Å². The summed E-state index contributed by atoms with van der Waals surface area (Å²) in [6, 6.07) is 1.94. The van der Waals surface area contributed by atoms with Gasteiger partial charge in [-0.15, -0.1) is 0 Å². The molecule has 2 bridgehead atoms. The van der Waals surface area contributed by atoms with Crippen molar-refractivity contribution in [1.82, 2.24) is 9.88 Å². The van der Waals surface area contributed by atoms with E-state index < -0.39 is 4.92 Å². The molecular weight excluding hydrogens is 298 g/mol. The number of carbonyl (C=O) groups excluding carboxylic acids is 1. The predicted molar refractivity (Wildman–Crippen MR) is 83.9 cm³/mol. The summed E-state index contributed by atoms with van der Waals surface area (Å²) in [5.74, 6) is 0.438. The van der Waals surface area contributed by atoms with Crippen molar-refractivity contribution in [3.63, 3.8) is 0 Å². The number of carbonyl (C=O) groups is 1. The van der Waals surface area contributed by atoms with Crippen LogP contribution in [0.25, 0.3) is 0 Å². The molecule has 8 nitrogen and oxygen atoms in total. The van der Waals surface area contributed by atoms with Gasteiger partial charge in [-0.3, -0.25) is 14.9 Å². The lowest BCUT2D eigenvalue weighted by Crippen LogP contribution is -2.56. The molecule has 0 radical (unpaired) electrons. The van der Waals surface area contributed by atoms with Crippen molar-refractivity contribution < 1.29 is 9.72 Å². The molecule has 2 unspecified atom stereocenters. The summed E-state index contributed by atoms with van der Waals surface area (Å²) in [5, 5.41) is 11.3. The highest BCUT2D eigenvalue weighted by Gasteiger charge is 2.47. The van der Waals surface area contributed by atoms with Crippen LogP contribution in [0.5, 0.6) is 0 Å². The number of fused-ring (bicyclic) bond motifs is 2. The minimum Gasteiger partial charge on any atom is -0.378 e. The Morgan fingerprint density at radius 1 is 1.26 bits per heavy atom. The van der Waals surface area contributed by atoms with E-state index in [1.54, 1.807) is 6.07 Å². The summed E-state index contributed by atoms with van der Waals surface area (Å²) in [6.07, 6.45) is 5.44. The Bertz CT molecular complexity index is 661. The fourth-order valence-corrected chi connectivity index (χ4v) is 3.90. The van der Waals surface area contributed by atoms with E-state index in [0.29, 0.717) is 18.8 Å². The summed E-state index contributed by atoms with van der Waals surface area (Å²) in [6.45, 7) is 1.25. The number of nitro groups is 1. The first kappa shape index (κ1) is 14.2. The molecule has 1 aliphatic carbocycles. The fraction of sp³-hybridized carbons (Fsp3) is 0.600. The van der Waals surface area contributed by atoms with Gasteiger partial charge in [0.15, 0.2) is 0 Å². The van der Waals surface area contributed by atoms with Crippen molar-refractivity contribution >= 4 is 23.1 Å². The van der Waals surface area contributed by atoms with Crippen LogP contribution in [-0.2, 0) is 4.79 Å². The number of nitrogens with two attached hydrogens (primary N) is 1. The van der Waals surface area contributed by atoms with E-state index in [4.69, 9.17) is 5.73 Å². The van der Waals surface area contributed by atoms with E-state index in [1.165, 1.54) is 6.20 Å². The Morgan fingerprint density at radius 3 is 2.48 bits per heavy atom. The van der Waals surface area contributed by atoms with Gasteiger partial charge >= 0.3 is 5.69 Å². The second-order valence-corrected chi connectivity index (χ2v) is 6.63. The van der Waals surface area contributed by atoms with Gasteiger partial charge in [0.2, 0.25) is 11.7 Å². The van der Waals surface area contributed by atoms with Crippen LogP contribution in [0.1, 0.15) is 25.7 Å². The van der Waals surface area contributed by atoms with Crippen LogP contribution in [-0.4, -0.2) is 45.9 Å². The molecule has 2 atom stereocenters. The van der Waals surface area contributed by atoms with Crippen molar-refractivity contribution in [2.24, 2.45) is 5.92 Å². The third kappa shape index (κ3) is 2.29. The molecule has 1 aromatic heterocycles. The molecule has 2 saturated heterocycles. The van der Waals surface area contributed by atoms with Gasteiger partial charge in [0.1, 0.15) is 5.69 Å². The summed E-state index contributed by atoms with van der Waals surface area (Å²) in [7, 11) is 0. The Labute approximate surface area is 133 Å². The van der Waals surface area contributed by atoms with E-state index in [2.05, 4.69) is 4.98 Å². The SMILES string of the molecule is Nc1nccc(N2CC3CCC(C2)N3C(=O)C2CC2)c1[N+](=O)[O-]. The molecule has 122 valence electrons. The zero-order valence-corrected chi connectivity index (χ0v) is 12.7. The van der Waals surface area contributed by atoms with Crippen molar-refractivity contribution in [3.05, 3.63) is 22.4 Å². The highest BCUT2D eigenvalue weighted by molar-refractivity contribution is 5.82. The molecule has 3 heterocycles. The molecule has 3 aliphatic rings. The van der Waals surface area contributed by atoms with Gasteiger partial charge in [-0.1, -0.05) is 0 Å². The molecule has 8 heteroatoms. The Kier molecular flexibility index (Phi) is 3.14. The molecule has 1 saturated carbocycles. The second-order valence-electron chi connectivity index (χ2n) is 6.63. The minimum absolute atomic E-state index is 0.0590. The molecule has 0 aromatic carbocycles. The molecule has 2 aliphatic heterocycles.